The molecule has 11 heavy (non-hydrogen) atoms. The molecule has 0 unspecified atom stereocenters. The van der Waals surface area contributed by atoms with Crippen LogP contribution in [0.3, 0.4) is 0 Å². The fraction of sp³-hybridized carbons (Fsp3) is 0.778. The van der Waals surface area contributed by atoms with Gasteiger partial charge in [0.1, 0.15) is 11.6 Å². The van der Waals surface area contributed by atoms with Crippen molar-refractivity contribution in [3.05, 3.63) is 0 Å². The minimum atomic E-state index is -0.157. The van der Waals surface area contributed by atoms with Gasteiger partial charge in [-0.25, -0.2) is 0 Å². The standard InChI is InChI=1S/C9H12O2/c10-7-2-3-8(11)9(6-7)4-1-5-9/h1-6H2. The van der Waals surface area contributed by atoms with E-state index >= 15 is 0 Å². The summed E-state index contributed by atoms with van der Waals surface area (Å²) in [6.07, 6.45) is 4.64. The molecule has 60 valence electrons. The highest BCUT2D eigenvalue weighted by atomic mass is 16.1. The maximum Gasteiger partial charge on any atom is 0.139 e. The van der Waals surface area contributed by atoms with Crippen LogP contribution in [0.2, 0.25) is 0 Å². The third kappa shape index (κ3) is 0.924. The van der Waals surface area contributed by atoms with Crippen LogP contribution in [0.25, 0.3) is 0 Å². The van der Waals surface area contributed by atoms with E-state index in [-0.39, 0.29) is 5.41 Å². The largest absolute Gasteiger partial charge is 0.300 e. The van der Waals surface area contributed by atoms with Crippen LogP contribution in [-0.4, -0.2) is 11.6 Å². The molecule has 0 aromatic rings. The summed E-state index contributed by atoms with van der Waals surface area (Å²) in [5, 5.41) is 0. The van der Waals surface area contributed by atoms with Gasteiger partial charge in [0.25, 0.3) is 0 Å². The van der Waals surface area contributed by atoms with Crippen molar-refractivity contribution in [2.45, 2.75) is 38.5 Å². The van der Waals surface area contributed by atoms with Gasteiger partial charge in [-0.15, -0.1) is 0 Å². The van der Waals surface area contributed by atoms with Crippen LogP contribution < -0.4 is 0 Å². The Hall–Kier alpha value is -0.660. The number of hydrogen-bond acceptors (Lipinski definition) is 2. The van der Waals surface area contributed by atoms with Crippen LogP contribution >= 0.6 is 0 Å². The Labute approximate surface area is 66.0 Å². The van der Waals surface area contributed by atoms with Crippen LogP contribution in [0, 0.1) is 5.41 Å². The maximum atomic E-state index is 11.4. The molecule has 2 heteroatoms. The van der Waals surface area contributed by atoms with Crippen molar-refractivity contribution in [3.8, 4) is 0 Å². The molecule has 2 rings (SSSR count). The van der Waals surface area contributed by atoms with E-state index in [4.69, 9.17) is 0 Å². The zero-order valence-electron chi connectivity index (χ0n) is 6.56. The molecule has 0 aromatic carbocycles. The Balaban J connectivity index is 2.16. The first kappa shape index (κ1) is 7.01. The Morgan fingerprint density at radius 2 is 1.82 bits per heavy atom. The van der Waals surface area contributed by atoms with E-state index in [1.54, 1.807) is 0 Å². The van der Waals surface area contributed by atoms with Crippen molar-refractivity contribution in [3.63, 3.8) is 0 Å². The van der Waals surface area contributed by atoms with E-state index < -0.39 is 0 Å². The molecule has 0 radical (unpaired) electrons. The molecular formula is C9H12O2. The quantitative estimate of drug-likeness (QED) is 0.527. The molecule has 0 atom stereocenters. The molecular weight excluding hydrogens is 140 g/mol. The van der Waals surface area contributed by atoms with Gasteiger partial charge in [-0.3, -0.25) is 9.59 Å². The summed E-state index contributed by atoms with van der Waals surface area (Å²) in [6, 6.07) is 0. The van der Waals surface area contributed by atoms with Crippen LogP contribution in [0.15, 0.2) is 0 Å². The third-order valence-electron chi connectivity index (χ3n) is 3.07. The first-order valence-electron chi connectivity index (χ1n) is 4.28. The molecule has 0 amide bonds. The highest BCUT2D eigenvalue weighted by molar-refractivity contribution is 5.97. The average molecular weight is 152 g/mol. The molecule has 0 bridgehead atoms. The van der Waals surface area contributed by atoms with Gasteiger partial charge in [-0.2, -0.15) is 0 Å². The highest BCUT2D eigenvalue weighted by Crippen LogP contribution is 2.48. The second-order valence-corrected chi connectivity index (χ2v) is 3.77. The molecule has 0 aliphatic heterocycles. The SMILES string of the molecule is O=C1CCC(=O)C2(CCC2)C1. The van der Waals surface area contributed by atoms with Gasteiger partial charge in [0.15, 0.2) is 0 Å². The molecule has 2 nitrogen and oxygen atoms in total. The molecule has 0 aromatic heterocycles. The van der Waals surface area contributed by atoms with E-state index in [0.29, 0.717) is 30.8 Å². The van der Waals surface area contributed by atoms with Crippen LogP contribution in [0.1, 0.15) is 38.5 Å². The number of ketones is 2. The zero-order valence-corrected chi connectivity index (χ0v) is 6.56. The summed E-state index contributed by atoms with van der Waals surface area (Å²) in [7, 11) is 0. The summed E-state index contributed by atoms with van der Waals surface area (Å²) < 4.78 is 0. The van der Waals surface area contributed by atoms with Crippen molar-refractivity contribution >= 4 is 11.6 Å². The Kier molecular flexibility index (Phi) is 1.38. The van der Waals surface area contributed by atoms with Crippen molar-refractivity contribution in [1.82, 2.24) is 0 Å². The number of carbonyl (C=O) groups excluding carboxylic acids is 2. The molecule has 2 saturated carbocycles. The van der Waals surface area contributed by atoms with Crippen molar-refractivity contribution < 1.29 is 9.59 Å². The van der Waals surface area contributed by atoms with Gasteiger partial charge in [0.2, 0.25) is 0 Å². The summed E-state index contributed by atoms with van der Waals surface area (Å²) in [5.41, 5.74) is -0.157. The fourth-order valence-corrected chi connectivity index (χ4v) is 2.14. The van der Waals surface area contributed by atoms with E-state index in [1.165, 1.54) is 0 Å². The topological polar surface area (TPSA) is 34.1 Å². The second-order valence-electron chi connectivity index (χ2n) is 3.77. The van der Waals surface area contributed by atoms with Crippen LogP contribution in [-0.2, 0) is 9.59 Å². The fourth-order valence-electron chi connectivity index (χ4n) is 2.14. The summed E-state index contributed by atoms with van der Waals surface area (Å²) in [5.74, 6) is 0.646. The molecule has 0 saturated heterocycles. The van der Waals surface area contributed by atoms with E-state index in [9.17, 15) is 9.59 Å². The lowest BCUT2D eigenvalue weighted by Gasteiger charge is -2.42. The molecule has 0 N–H and O–H groups in total. The van der Waals surface area contributed by atoms with Crippen molar-refractivity contribution in [1.29, 1.82) is 0 Å². The second kappa shape index (κ2) is 2.16. The molecule has 2 aliphatic carbocycles. The van der Waals surface area contributed by atoms with Gasteiger partial charge in [0, 0.05) is 24.7 Å². The first-order chi connectivity index (χ1) is 5.23. The van der Waals surface area contributed by atoms with Crippen molar-refractivity contribution in [2.24, 2.45) is 5.41 Å². The smallest absolute Gasteiger partial charge is 0.139 e. The summed E-state index contributed by atoms with van der Waals surface area (Å²) in [4.78, 5) is 22.5. The van der Waals surface area contributed by atoms with Gasteiger partial charge in [-0.05, 0) is 12.8 Å². The predicted molar refractivity (Wildman–Crippen MR) is 40.1 cm³/mol. The Bertz CT molecular complexity index is 214. The molecule has 2 aliphatic rings. The number of Topliss-reactive ketones (excluding diaryl/α,β-unsaturated/α-hetero) is 2. The van der Waals surface area contributed by atoms with Gasteiger partial charge in [0.05, 0.1) is 0 Å². The van der Waals surface area contributed by atoms with E-state index in [1.807, 2.05) is 0 Å². The minimum absolute atomic E-state index is 0.157. The lowest BCUT2D eigenvalue weighted by atomic mass is 9.60. The van der Waals surface area contributed by atoms with Crippen molar-refractivity contribution in [2.75, 3.05) is 0 Å². The lowest BCUT2D eigenvalue weighted by Crippen LogP contribution is -2.43. The normalized spacial score (nSPS) is 28.7. The Morgan fingerprint density at radius 3 is 2.27 bits per heavy atom. The Morgan fingerprint density at radius 1 is 1.09 bits per heavy atom. The van der Waals surface area contributed by atoms with Gasteiger partial charge >= 0.3 is 0 Å². The molecule has 0 heterocycles. The third-order valence-corrected chi connectivity index (χ3v) is 3.07. The first-order valence-corrected chi connectivity index (χ1v) is 4.28. The average Bonchev–Trinajstić information content (AvgIpc) is 1.91. The zero-order chi connectivity index (χ0) is 7.90. The van der Waals surface area contributed by atoms with E-state index in [0.717, 1.165) is 19.3 Å². The predicted octanol–water partition coefficient (Wildman–Crippen LogP) is 1.48. The molecule has 2 fully saturated rings. The summed E-state index contributed by atoms with van der Waals surface area (Å²) >= 11 is 0. The van der Waals surface area contributed by atoms with Gasteiger partial charge in [-0.1, -0.05) is 6.42 Å². The monoisotopic (exact) mass is 152 g/mol. The molecule has 1 spiro atoms. The van der Waals surface area contributed by atoms with E-state index in [2.05, 4.69) is 0 Å². The minimum Gasteiger partial charge on any atom is -0.300 e. The van der Waals surface area contributed by atoms with Crippen LogP contribution in [0.5, 0.6) is 0 Å². The van der Waals surface area contributed by atoms with Gasteiger partial charge < -0.3 is 0 Å². The number of hydrogen-bond donors (Lipinski definition) is 0. The lowest BCUT2D eigenvalue weighted by molar-refractivity contribution is -0.144. The number of rotatable bonds is 0. The maximum absolute atomic E-state index is 11.4. The summed E-state index contributed by atoms with van der Waals surface area (Å²) in [6.45, 7) is 0. The number of carbonyl (C=O) groups is 2. The highest BCUT2D eigenvalue weighted by Gasteiger charge is 2.46. The van der Waals surface area contributed by atoms with Crippen LogP contribution in [0.4, 0.5) is 0 Å².